The van der Waals surface area contributed by atoms with Crippen molar-refractivity contribution in [2.45, 2.75) is 39.0 Å². The van der Waals surface area contributed by atoms with Gasteiger partial charge < -0.3 is 20.3 Å². The number of unbranched alkanes of at least 4 members (excludes halogenated alkanes) is 1. The Morgan fingerprint density at radius 1 is 1.15 bits per heavy atom. The monoisotopic (exact) mass is 367 g/mol. The number of piperidine rings is 1. The van der Waals surface area contributed by atoms with Crippen molar-refractivity contribution in [3.8, 4) is 0 Å². The second-order valence-corrected chi connectivity index (χ2v) is 7.20. The maximum atomic E-state index is 11.5. The van der Waals surface area contributed by atoms with Gasteiger partial charge in [0.15, 0.2) is 5.96 Å². The molecule has 0 aromatic heterocycles. The third kappa shape index (κ3) is 7.50. The van der Waals surface area contributed by atoms with Gasteiger partial charge in [0, 0.05) is 52.7 Å². The molecule has 0 saturated carbocycles. The molecule has 2 saturated heterocycles. The van der Waals surface area contributed by atoms with Crippen LogP contribution in [0.25, 0.3) is 0 Å². The number of nitrogens with zero attached hydrogens (tertiary/aromatic N) is 3. The standard InChI is InChI=1S/C19H37N5O2/c1-3-21-19(22-8-4-5-9-23-12-14-26-15-13-23)24-10-6-17(7-11-24)16-18(25)20-2/h17H,3-16H2,1-2H3,(H,20,25)(H,21,22). The summed E-state index contributed by atoms with van der Waals surface area (Å²) in [4.78, 5) is 21.2. The number of hydrogen-bond donors (Lipinski definition) is 2. The molecule has 150 valence electrons. The Hall–Kier alpha value is -1.34. The van der Waals surface area contributed by atoms with Gasteiger partial charge >= 0.3 is 0 Å². The van der Waals surface area contributed by atoms with Crippen molar-refractivity contribution in [3.05, 3.63) is 0 Å². The summed E-state index contributed by atoms with van der Waals surface area (Å²) in [5, 5.41) is 6.16. The van der Waals surface area contributed by atoms with E-state index in [2.05, 4.69) is 27.4 Å². The molecule has 0 aliphatic carbocycles. The average Bonchev–Trinajstić information content (AvgIpc) is 2.68. The van der Waals surface area contributed by atoms with Crippen molar-refractivity contribution < 1.29 is 9.53 Å². The van der Waals surface area contributed by atoms with Gasteiger partial charge in [-0.15, -0.1) is 0 Å². The molecule has 0 atom stereocenters. The first-order valence-corrected chi connectivity index (χ1v) is 10.3. The van der Waals surface area contributed by atoms with E-state index in [0.717, 1.165) is 84.2 Å². The summed E-state index contributed by atoms with van der Waals surface area (Å²) in [6.45, 7) is 10.9. The maximum Gasteiger partial charge on any atom is 0.220 e. The zero-order valence-electron chi connectivity index (χ0n) is 16.6. The van der Waals surface area contributed by atoms with Gasteiger partial charge in [0.1, 0.15) is 0 Å². The quantitative estimate of drug-likeness (QED) is 0.379. The molecule has 0 radical (unpaired) electrons. The van der Waals surface area contributed by atoms with Crippen molar-refractivity contribution in [2.24, 2.45) is 10.9 Å². The third-order valence-electron chi connectivity index (χ3n) is 5.25. The zero-order chi connectivity index (χ0) is 18.6. The predicted octanol–water partition coefficient (Wildman–Crippen LogP) is 0.912. The van der Waals surface area contributed by atoms with E-state index in [9.17, 15) is 4.79 Å². The van der Waals surface area contributed by atoms with Crippen LogP contribution in [0.15, 0.2) is 4.99 Å². The molecule has 2 aliphatic rings. The molecular weight excluding hydrogens is 330 g/mol. The lowest BCUT2D eigenvalue weighted by atomic mass is 9.93. The molecule has 26 heavy (non-hydrogen) atoms. The second kappa shape index (κ2) is 12.1. The SMILES string of the molecule is CCNC(=NCCCCN1CCOCC1)N1CCC(CC(=O)NC)CC1. The first kappa shape index (κ1) is 21.0. The fourth-order valence-corrected chi connectivity index (χ4v) is 3.60. The number of ether oxygens (including phenoxy) is 1. The summed E-state index contributed by atoms with van der Waals surface area (Å²) >= 11 is 0. The summed E-state index contributed by atoms with van der Waals surface area (Å²) < 4.78 is 5.39. The molecule has 2 N–H and O–H groups in total. The largest absolute Gasteiger partial charge is 0.379 e. The summed E-state index contributed by atoms with van der Waals surface area (Å²) in [5.41, 5.74) is 0. The fourth-order valence-electron chi connectivity index (χ4n) is 3.60. The smallest absolute Gasteiger partial charge is 0.220 e. The number of rotatable bonds is 8. The minimum atomic E-state index is 0.157. The Bertz CT molecular complexity index is 430. The first-order chi connectivity index (χ1) is 12.7. The molecule has 0 aromatic rings. The van der Waals surface area contributed by atoms with E-state index in [-0.39, 0.29) is 5.91 Å². The van der Waals surface area contributed by atoms with E-state index in [1.54, 1.807) is 7.05 Å². The molecule has 7 nitrogen and oxygen atoms in total. The van der Waals surface area contributed by atoms with E-state index >= 15 is 0 Å². The van der Waals surface area contributed by atoms with Crippen LogP contribution in [0.4, 0.5) is 0 Å². The minimum absolute atomic E-state index is 0.157. The van der Waals surface area contributed by atoms with E-state index in [0.29, 0.717) is 12.3 Å². The molecule has 0 spiro atoms. The number of nitrogens with one attached hydrogen (secondary N) is 2. The second-order valence-electron chi connectivity index (χ2n) is 7.20. The van der Waals surface area contributed by atoms with Crippen LogP contribution in [0.1, 0.15) is 39.0 Å². The summed E-state index contributed by atoms with van der Waals surface area (Å²) in [6.07, 6.45) is 5.10. The lowest BCUT2D eigenvalue weighted by Crippen LogP contribution is -2.46. The molecule has 2 fully saturated rings. The van der Waals surface area contributed by atoms with Crippen molar-refractivity contribution in [1.82, 2.24) is 20.4 Å². The molecule has 7 heteroatoms. The number of amides is 1. The number of morpholine rings is 1. The van der Waals surface area contributed by atoms with Crippen molar-refractivity contribution >= 4 is 11.9 Å². The van der Waals surface area contributed by atoms with Crippen LogP contribution in [-0.4, -0.2) is 87.7 Å². The lowest BCUT2D eigenvalue weighted by Gasteiger charge is -2.34. The number of guanidine groups is 1. The highest BCUT2D eigenvalue weighted by Gasteiger charge is 2.23. The molecule has 2 aliphatic heterocycles. The van der Waals surface area contributed by atoms with Crippen LogP contribution in [-0.2, 0) is 9.53 Å². The van der Waals surface area contributed by atoms with E-state index in [1.807, 2.05) is 0 Å². The van der Waals surface area contributed by atoms with Gasteiger partial charge in [-0.1, -0.05) is 0 Å². The summed E-state index contributed by atoms with van der Waals surface area (Å²) in [5.74, 6) is 1.70. The molecule has 2 heterocycles. The van der Waals surface area contributed by atoms with E-state index in [4.69, 9.17) is 9.73 Å². The number of aliphatic imine (C=N–C) groups is 1. The van der Waals surface area contributed by atoms with Crippen LogP contribution in [0, 0.1) is 5.92 Å². The van der Waals surface area contributed by atoms with Gasteiger partial charge in [-0.3, -0.25) is 14.7 Å². The number of hydrogen-bond acceptors (Lipinski definition) is 4. The maximum absolute atomic E-state index is 11.5. The van der Waals surface area contributed by atoms with Gasteiger partial charge in [0.05, 0.1) is 13.2 Å². The topological polar surface area (TPSA) is 69.2 Å². The van der Waals surface area contributed by atoms with Crippen molar-refractivity contribution in [3.63, 3.8) is 0 Å². The van der Waals surface area contributed by atoms with Gasteiger partial charge in [-0.05, 0) is 45.1 Å². The number of likely N-dealkylation sites (tertiary alicyclic amines) is 1. The molecule has 0 unspecified atom stereocenters. The highest BCUT2D eigenvalue weighted by atomic mass is 16.5. The van der Waals surface area contributed by atoms with Crippen molar-refractivity contribution in [2.75, 3.05) is 66.1 Å². The van der Waals surface area contributed by atoms with Crippen LogP contribution in [0.2, 0.25) is 0 Å². The van der Waals surface area contributed by atoms with Crippen LogP contribution in [0.3, 0.4) is 0 Å². The Morgan fingerprint density at radius 2 is 1.88 bits per heavy atom. The van der Waals surface area contributed by atoms with Gasteiger partial charge in [0.2, 0.25) is 5.91 Å². The van der Waals surface area contributed by atoms with Crippen molar-refractivity contribution in [1.29, 1.82) is 0 Å². The highest BCUT2D eigenvalue weighted by molar-refractivity contribution is 5.80. The Morgan fingerprint density at radius 3 is 2.54 bits per heavy atom. The molecule has 0 bridgehead atoms. The van der Waals surface area contributed by atoms with Gasteiger partial charge in [-0.2, -0.15) is 0 Å². The Labute approximate surface area is 158 Å². The third-order valence-corrected chi connectivity index (χ3v) is 5.25. The molecule has 1 amide bonds. The molecule has 0 aromatic carbocycles. The zero-order valence-corrected chi connectivity index (χ0v) is 16.6. The summed E-state index contributed by atoms with van der Waals surface area (Å²) in [6, 6.07) is 0. The van der Waals surface area contributed by atoms with Crippen LogP contribution < -0.4 is 10.6 Å². The highest BCUT2D eigenvalue weighted by Crippen LogP contribution is 2.20. The summed E-state index contributed by atoms with van der Waals surface area (Å²) in [7, 11) is 1.71. The predicted molar refractivity (Wildman–Crippen MR) is 105 cm³/mol. The van der Waals surface area contributed by atoms with Crippen LogP contribution >= 0.6 is 0 Å². The van der Waals surface area contributed by atoms with E-state index in [1.165, 1.54) is 6.42 Å². The number of carbonyl (C=O) groups is 1. The normalized spacial score (nSPS) is 20.2. The fraction of sp³-hybridized carbons (Fsp3) is 0.895. The Balaban J connectivity index is 1.68. The average molecular weight is 368 g/mol. The molecule has 2 rings (SSSR count). The Kier molecular flexibility index (Phi) is 9.77. The van der Waals surface area contributed by atoms with Gasteiger partial charge in [0.25, 0.3) is 0 Å². The molecular formula is C19H37N5O2. The number of carbonyl (C=O) groups excluding carboxylic acids is 1. The van der Waals surface area contributed by atoms with Crippen LogP contribution in [0.5, 0.6) is 0 Å². The van der Waals surface area contributed by atoms with E-state index < -0.39 is 0 Å². The van der Waals surface area contributed by atoms with Gasteiger partial charge in [-0.25, -0.2) is 0 Å². The minimum Gasteiger partial charge on any atom is -0.379 e. The first-order valence-electron chi connectivity index (χ1n) is 10.3. The lowest BCUT2D eigenvalue weighted by molar-refractivity contribution is -0.121.